The van der Waals surface area contributed by atoms with Gasteiger partial charge in [0.2, 0.25) is 0 Å². The van der Waals surface area contributed by atoms with E-state index in [1.54, 1.807) is 0 Å². The molecule has 0 saturated carbocycles. The Labute approximate surface area is 124 Å². The fourth-order valence-corrected chi connectivity index (χ4v) is 2.21. The summed E-state index contributed by atoms with van der Waals surface area (Å²) in [6.07, 6.45) is 3.18. The first-order valence-corrected chi connectivity index (χ1v) is 7.64. The number of hydrogen-bond acceptors (Lipinski definition) is 4. The van der Waals surface area contributed by atoms with Crippen molar-refractivity contribution < 1.29 is 0 Å². The van der Waals surface area contributed by atoms with Gasteiger partial charge in [-0.05, 0) is 40.1 Å². The Morgan fingerprint density at radius 3 is 2.50 bits per heavy atom. The molecule has 4 heteroatoms. The van der Waals surface area contributed by atoms with Crippen molar-refractivity contribution in [2.24, 2.45) is 0 Å². The quantitative estimate of drug-likeness (QED) is 0.751. The first kappa shape index (κ1) is 16.9. The number of likely N-dealkylation sites (N-methyl/N-ethyl adjacent to an activating group) is 1. The van der Waals surface area contributed by atoms with Gasteiger partial charge in [-0.2, -0.15) is 0 Å². The van der Waals surface area contributed by atoms with Gasteiger partial charge in [0.25, 0.3) is 0 Å². The van der Waals surface area contributed by atoms with Crippen molar-refractivity contribution in [2.75, 3.05) is 45.2 Å². The summed E-state index contributed by atoms with van der Waals surface area (Å²) < 4.78 is 0. The molecule has 0 aliphatic rings. The molecule has 0 aromatic carbocycles. The number of nitrogens with zero attached hydrogens (tertiary/aromatic N) is 3. The standard InChI is InChI=1S/C16H30N4/c1-6-8-20(10-9-19(4)5)16-11-14(3)18-13-15(16)12-17-7-2/h11,13,17H,6-10,12H2,1-5H3. The lowest BCUT2D eigenvalue weighted by molar-refractivity contribution is 0.412. The summed E-state index contributed by atoms with van der Waals surface area (Å²) in [6, 6.07) is 2.22. The third-order valence-electron chi connectivity index (χ3n) is 3.32. The van der Waals surface area contributed by atoms with Crippen molar-refractivity contribution in [3.63, 3.8) is 0 Å². The minimum absolute atomic E-state index is 0.890. The van der Waals surface area contributed by atoms with E-state index >= 15 is 0 Å². The molecule has 0 spiro atoms. The van der Waals surface area contributed by atoms with Crippen LogP contribution in [0.15, 0.2) is 12.3 Å². The van der Waals surface area contributed by atoms with E-state index in [2.05, 4.69) is 61.0 Å². The molecule has 114 valence electrons. The predicted molar refractivity (Wildman–Crippen MR) is 87.4 cm³/mol. The minimum Gasteiger partial charge on any atom is -0.370 e. The molecule has 0 aliphatic carbocycles. The summed E-state index contributed by atoms with van der Waals surface area (Å²) in [5.74, 6) is 0. The van der Waals surface area contributed by atoms with Gasteiger partial charge in [0.05, 0.1) is 0 Å². The molecule has 0 saturated heterocycles. The second-order valence-corrected chi connectivity index (χ2v) is 5.53. The zero-order chi connectivity index (χ0) is 15.0. The van der Waals surface area contributed by atoms with E-state index in [4.69, 9.17) is 0 Å². The van der Waals surface area contributed by atoms with Crippen LogP contribution in [0, 0.1) is 6.92 Å². The van der Waals surface area contributed by atoms with E-state index in [0.717, 1.165) is 44.8 Å². The normalized spacial score (nSPS) is 11.1. The molecule has 0 amide bonds. The highest BCUT2D eigenvalue weighted by Crippen LogP contribution is 2.21. The Kier molecular flexibility index (Phi) is 7.55. The van der Waals surface area contributed by atoms with E-state index in [-0.39, 0.29) is 0 Å². The van der Waals surface area contributed by atoms with Crippen LogP contribution in [0.5, 0.6) is 0 Å². The monoisotopic (exact) mass is 278 g/mol. The van der Waals surface area contributed by atoms with Crippen molar-refractivity contribution in [2.45, 2.75) is 33.7 Å². The van der Waals surface area contributed by atoms with Gasteiger partial charge in [0, 0.05) is 49.3 Å². The van der Waals surface area contributed by atoms with Gasteiger partial charge in [-0.15, -0.1) is 0 Å². The fraction of sp³-hybridized carbons (Fsp3) is 0.688. The van der Waals surface area contributed by atoms with Crippen LogP contribution in [0.25, 0.3) is 0 Å². The van der Waals surface area contributed by atoms with Gasteiger partial charge in [-0.3, -0.25) is 4.98 Å². The molecule has 1 N–H and O–H groups in total. The van der Waals surface area contributed by atoms with E-state index in [1.165, 1.54) is 11.3 Å². The molecule has 4 nitrogen and oxygen atoms in total. The largest absolute Gasteiger partial charge is 0.370 e. The highest BCUT2D eigenvalue weighted by molar-refractivity contribution is 5.53. The number of hydrogen-bond donors (Lipinski definition) is 1. The van der Waals surface area contributed by atoms with Crippen LogP contribution >= 0.6 is 0 Å². The molecule has 1 aromatic heterocycles. The van der Waals surface area contributed by atoms with Crippen molar-refractivity contribution in [1.82, 2.24) is 15.2 Å². The first-order valence-electron chi connectivity index (χ1n) is 7.64. The minimum atomic E-state index is 0.890. The molecule has 0 radical (unpaired) electrons. The maximum absolute atomic E-state index is 4.45. The van der Waals surface area contributed by atoms with Crippen LogP contribution in [0.2, 0.25) is 0 Å². The molecule has 1 aromatic rings. The van der Waals surface area contributed by atoms with Crippen molar-refractivity contribution in [3.05, 3.63) is 23.5 Å². The molecule has 0 fully saturated rings. The SMILES string of the molecule is CCCN(CCN(C)C)c1cc(C)ncc1CNCC. The van der Waals surface area contributed by atoms with Crippen molar-refractivity contribution in [3.8, 4) is 0 Å². The Morgan fingerprint density at radius 2 is 1.90 bits per heavy atom. The summed E-state index contributed by atoms with van der Waals surface area (Å²) in [5.41, 5.74) is 3.72. The lowest BCUT2D eigenvalue weighted by Gasteiger charge is -2.28. The topological polar surface area (TPSA) is 31.4 Å². The maximum atomic E-state index is 4.45. The number of nitrogens with one attached hydrogen (secondary N) is 1. The van der Waals surface area contributed by atoms with E-state index in [1.807, 2.05) is 6.20 Å². The Hall–Kier alpha value is -1.13. The van der Waals surface area contributed by atoms with Crippen LogP contribution in [0.3, 0.4) is 0 Å². The molecule has 0 unspecified atom stereocenters. The summed E-state index contributed by atoms with van der Waals surface area (Å²) in [4.78, 5) is 9.18. The molecule has 0 aliphatic heterocycles. The van der Waals surface area contributed by atoms with Gasteiger partial charge in [0.1, 0.15) is 0 Å². The fourth-order valence-electron chi connectivity index (χ4n) is 2.21. The van der Waals surface area contributed by atoms with Crippen molar-refractivity contribution >= 4 is 5.69 Å². The summed E-state index contributed by atoms with van der Waals surface area (Å²) in [6.45, 7) is 11.5. The van der Waals surface area contributed by atoms with Gasteiger partial charge in [-0.25, -0.2) is 0 Å². The zero-order valence-electron chi connectivity index (χ0n) is 13.7. The van der Waals surface area contributed by atoms with Gasteiger partial charge in [0.15, 0.2) is 0 Å². The van der Waals surface area contributed by atoms with Gasteiger partial charge >= 0.3 is 0 Å². The Balaban J connectivity index is 2.93. The predicted octanol–water partition coefficient (Wildman–Crippen LogP) is 2.28. The number of anilines is 1. The molecule has 20 heavy (non-hydrogen) atoms. The molecule has 1 heterocycles. The third-order valence-corrected chi connectivity index (χ3v) is 3.32. The molecular weight excluding hydrogens is 248 g/mol. The van der Waals surface area contributed by atoms with Gasteiger partial charge < -0.3 is 15.1 Å². The van der Waals surface area contributed by atoms with E-state index in [0.29, 0.717) is 0 Å². The molecule has 0 atom stereocenters. The van der Waals surface area contributed by atoms with Crippen LogP contribution in [0.1, 0.15) is 31.5 Å². The smallest absolute Gasteiger partial charge is 0.0445 e. The van der Waals surface area contributed by atoms with Crippen molar-refractivity contribution in [1.29, 1.82) is 0 Å². The maximum Gasteiger partial charge on any atom is 0.0445 e. The lowest BCUT2D eigenvalue weighted by atomic mass is 10.1. The number of rotatable bonds is 9. The average molecular weight is 278 g/mol. The molecule has 1 rings (SSSR count). The highest BCUT2D eigenvalue weighted by atomic mass is 15.2. The second kappa shape index (κ2) is 8.93. The average Bonchev–Trinajstić information content (AvgIpc) is 2.42. The van der Waals surface area contributed by atoms with Crippen LogP contribution < -0.4 is 10.2 Å². The summed E-state index contributed by atoms with van der Waals surface area (Å²) in [5, 5.41) is 3.41. The molecular formula is C16H30N4. The molecule has 0 bridgehead atoms. The van der Waals surface area contributed by atoms with Gasteiger partial charge in [-0.1, -0.05) is 13.8 Å². The number of aryl methyl sites for hydroxylation is 1. The lowest BCUT2D eigenvalue weighted by Crippen LogP contribution is -2.33. The third kappa shape index (κ3) is 5.47. The van der Waals surface area contributed by atoms with E-state index in [9.17, 15) is 0 Å². The van der Waals surface area contributed by atoms with Crippen LogP contribution in [-0.4, -0.2) is 50.2 Å². The Morgan fingerprint density at radius 1 is 1.15 bits per heavy atom. The zero-order valence-corrected chi connectivity index (χ0v) is 13.7. The first-order chi connectivity index (χ1) is 9.58. The summed E-state index contributed by atoms with van der Waals surface area (Å²) >= 11 is 0. The van der Waals surface area contributed by atoms with Crippen LogP contribution in [-0.2, 0) is 6.54 Å². The highest BCUT2D eigenvalue weighted by Gasteiger charge is 2.11. The summed E-state index contributed by atoms with van der Waals surface area (Å²) in [7, 11) is 4.25. The second-order valence-electron chi connectivity index (χ2n) is 5.53. The van der Waals surface area contributed by atoms with Crippen LogP contribution in [0.4, 0.5) is 5.69 Å². The Bertz CT molecular complexity index is 390. The number of pyridine rings is 1. The van der Waals surface area contributed by atoms with E-state index < -0.39 is 0 Å². The number of aromatic nitrogens is 1.